The number of sulfonamides is 1. The smallest absolute Gasteiger partial charge is 0.243 e. The summed E-state index contributed by atoms with van der Waals surface area (Å²) in [6.07, 6.45) is 3.53. The van der Waals surface area contributed by atoms with E-state index in [1.54, 1.807) is 31.2 Å². The summed E-state index contributed by atoms with van der Waals surface area (Å²) < 4.78 is 32.1. The quantitative estimate of drug-likeness (QED) is 0.473. The largest absolute Gasteiger partial charge is 0.457 e. The van der Waals surface area contributed by atoms with Crippen LogP contribution in [0.1, 0.15) is 25.3 Å². The summed E-state index contributed by atoms with van der Waals surface area (Å²) in [5.41, 5.74) is 2.54. The Hall–Kier alpha value is -3.52. The van der Waals surface area contributed by atoms with Gasteiger partial charge in [0, 0.05) is 25.3 Å². The minimum atomic E-state index is -3.71. The molecule has 1 saturated heterocycles. The number of nitrogens with zero attached hydrogens (tertiary/aromatic N) is 2. The highest BCUT2D eigenvalue weighted by molar-refractivity contribution is 7.92. The second-order valence-electron chi connectivity index (χ2n) is 8.72. The number of carbonyl (C=O) groups is 1. The molecule has 1 heterocycles. The standard InChI is InChI=1S/C27H31N3O4S/c1-21(27(31)28-20-22-10-12-23(13-11-22)29-18-6-7-19-29)30(35(2,32)33)24-14-16-26(17-15-24)34-25-8-4-3-5-9-25/h3-5,8-17,21H,6-7,18-20H2,1-2H3,(H,28,31). The van der Waals surface area contributed by atoms with Gasteiger partial charge in [-0.05, 0) is 73.9 Å². The monoisotopic (exact) mass is 493 g/mol. The molecule has 1 atom stereocenters. The van der Waals surface area contributed by atoms with Gasteiger partial charge in [-0.2, -0.15) is 0 Å². The van der Waals surface area contributed by atoms with Gasteiger partial charge < -0.3 is 15.0 Å². The summed E-state index contributed by atoms with van der Waals surface area (Å²) >= 11 is 0. The number of nitrogens with one attached hydrogen (secondary N) is 1. The number of hydrogen-bond donors (Lipinski definition) is 1. The molecule has 0 aromatic heterocycles. The van der Waals surface area contributed by atoms with Gasteiger partial charge >= 0.3 is 0 Å². The van der Waals surface area contributed by atoms with Gasteiger partial charge in [0.2, 0.25) is 15.9 Å². The Morgan fingerprint density at radius 1 is 0.943 bits per heavy atom. The van der Waals surface area contributed by atoms with Crippen LogP contribution in [-0.2, 0) is 21.4 Å². The van der Waals surface area contributed by atoms with Crippen molar-refractivity contribution in [3.05, 3.63) is 84.4 Å². The van der Waals surface area contributed by atoms with Crippen molar-refractivity contribution in [2.45, 2.75) is 32.4 Å². The second kappa shape index (κ2) is 10.8. The van der Waals surface area contributed by atoms with Gasteiger partial charge in [-0.3, -0.25) is 9.10 Å². The highest BCUT2D eigenvalue weighted by Gasteiger charge is 2.29. The van der Waals surface area contributed by atoms with Gasteiger partial charge in [0.25, 0.3) is 0 Å². The third kappa shape index (κ3) is 6.33. The van der Waals surface area contributed by atoms with Gasteiger partial charge in [-0.25, -0.2) is 8.42 Å². The molecule has 4 rings (SSSR count). The van der Waals surface area contributed by atoms with Crippen LogP contribution in [0.15, 0.2) is 78.9 Å². The zero-order valence-corrected chi connectivity index (χ0v) is 20.9. The molecule has 7 nitrogen and oxygen atoms in total. The number of amides is 1. The van der Waals surface area contributed by atoms with E-state index in [1.807, 2.05) is 42.5 Å². The number of hydrogen-bond acceptors (Lipinski definition) is 5. The molecule has 0 saturated carbocycles. The van der Waals surface area contributed by atoms with E-state index in [0.29, 0.717) is 23.7 Å². The van der Waals surface area contributed by atoms with Crippen molar-refractivity contribution in [3.63, 3.8) is 0 Å². The molecule has 1 aliphatic heterocycles. The van der Waals surface area contributed by atoms with E-state index in [2.05, 4.69) is 22.3 Å². The van der Waals surface area contributed by atoms with Crippen LogP contribution >= 0.6 is 0 Å². The fraction of sp³-hybridized carbons (Fsp3) is 0.296. The molecule has 0 radical (unpaired) electrons. The predicted octanol–water partition coefficient (Wildman–Crippen LogP) is 4.55. The van der Waals surface area contributed by atoms with Crippen LogP contribution < -0.4 is 19.3 Å². The summed E-state index contributed by atoms with van der Waals surface area (Å²) in [7, 11) is -3.71. The second-order valence-corrected chi connectivity index (χ2v) is 10.6. The molecule has 0 aliphatic carbocycles. The van der Waals surface area contributed by atoms with Crippen LogP contribution in [0, 0.1) is 0 Å². The lowest BCUT2D eigenvalue weighted by atomic mass is 10.2. The highest BCUT2D eigenvalue weighted by Crippen LogP contribution is 2.27. The summed E-state index contributed by atoms with van der Waals surface area (Å²) in [4.78, 5) is 15.3. The van der Waals surface area contributed by atoms with Crippen molar-refractivity contribution < 1.29 is 17.9 Å². The fourth-order valence-corrected chi connectivity index (χ4v) is 5.41. The Bertz CT molecular complexity index is 1220. The Morgan fingerprint density at radius 3 is 2.14 bits per heavy atom. The summed E-state index contributed by atoms with van der Waals surface area (Å²) in [5, 5.41) is 2.87. The van der Waals surface area contributed by atoms with Crippen molar-refractivity contribution in [1.82, 2.24) is 5.32 Å². The van der Waals surface area contributed by atoms with Gasteiger partial charge in [0.05, 0.1) is 11.9 Å². The normalized spacial score (nSPS) is 14.4. The molecule has 1 aliphatic rings. The minimum Gasteiger partial charge on any atom is -0.457 e. The number of rotatable bonds is 9. The van der Waals surface area contributed by atoms with E-state index in [4.69, 9.17) is 4.74 Å². The van der Waals surface area contributed by atoms with Crippen LogP contribution in [0.3, 0.4) is 0 Å². The molecular weight excluding hydrogens is 462 g/mol. The molecule has 0 bridgehead atoms. The zero-order valence-electron chi connectivity index (χ0n) is 20.1. The van der Waals surface area contributed by atoms with Gasteiger partial charge in [-0.1, -0.05) is 30.3 Å². The number of benzene rings is 3. The van der Waals surface area contributed by atoms with Crippen molar-refractivity contribution in [1.29, 1.82) is 0 Å². The first-order valence-electron chi connectivity index (χ1n) is 11.8. The van der Waals surface area contributed by atoms with Crippen LogP contribution in [0.25, 0.3) is 0 Å². The van der Waals surface area contributed by atoms with Crippen molar-refractivity contribution in [2.75, 3.05) is 28.6 Å². The molecule has 35 heavy (non-hydrogen) atoms. The Morgan fingerprint density at radius 2 is 1.54 bits per heavy atom. The minimum absolute atomic E-state index is 0.324. The van der Waals surface area contributed by atoms with E-state index in [9.17, 15) is 13.2 Å². The number of anilines is 2. The molecule has 8 heteroatoms. The lowest BCUT2D eigenvalue weighted by Gasteiger charge is -2.28. The molecule has 1 fully saturated rings. The number of carbonyl (C=O) groups excluding carboxylic acids is 1. The molecule has 3 aromatic rings. The maximum Gasteiger partial charge on any atom is 0.243 e. The molecule has 0 spiro atoms. The lowest BCUT2D eigenvalue weighted by molar-refractivity contribution is -0.122. The third-order valence-electron chi connectivity index (χ3n) is 6.03. The number of para-hydroxylation sites is 1. The first-order chi connectivity index (χ1) is 16.8. The predicted molar refractivity (Wildman–Crippen MR) is 139 cm³/mol. The van der Waals surface area contributed by atoms with Crippen molar-refractivity contribution in [3.8, 4) is 11.5 Å². The SMILES string of the molecule is CC(C(=O)NCc1ccc(N2CCCC2)cc1)N(c1ccc(Oc2ccccc2)cc1)S(C)(=O)=O. The Kier molecular flexibility index (Phi) is 7.60. The summed E-state index contributed by atoms with van der Waals surface area (Å²) in [5.74, 6) is 0.882. The molecule has 184 valence electrons. The third-order valence-corrected chi connectivity index (χ3v) is 7.27. The Balaban J connectivity index is 1.40. The first-order valence-corrected chi connectivity index (χ1v) is 13.6. The summed E-state index contributed by atoms with van der Waals surface area (Å²) in [6, 6.07) is 23.2. The van der Waals surface area contributed by atoms with Crippen LogP contribution in [0.4, 0.5) is 11.4 Å². The lowest BCUT2D eigenvalue weighted by Crippen LogP contribution is -2.47. The highest BCUT2D eigenvalue weighted by atomic mass is 32.2. The van der Waals surface area contributed by atoms with Gasteiger partial charge in [0.1, 0.15) is 17.5 Å². The molecule has 1 amide bonds. The maximum atomic E-state index is 12.9. The average molecular weight is 494 g/mol. The topological polar surface area (TPSA) is 79.0 Å². The average Bonchev–Trinajstić information content (AvgIpc) is 3.39. The molecule has 1 N–H and O–H groups in total. The van der Waals surface area contributed by atoms with E-state index in [-0.39, 0.29) is 5.91 Å². The number of ether oxygens (including phenoxy) is 1. The maximum absolute atomic E-state index is 12.9. The zero-order chi connectivity index (χ0) is 24.8. The summed E-state index contributed by atoms with van der Waals surface area (Å²) in [6.45, 7) is 4.06. The van der Waals surface area contributed by atoms with Crippen LogP contribution in [-0.4, -0.2) is 39.7 Å². The van der Waals surface area contributed by atoms with E-state index in [1.165, 1.54) is 18.5 Å². The van der Waals surface area contributed by atoms with E-state index in [0.717, 1.165) is 29.2 Å². The van der Waals surface area contributed by atoms with Crippen molar-refractivity contribution in [2.24, 2.45) is 0 Å². The fourth-order valence-electron chi connectivity index (χ4n) is 4.23. The van der Waals surface area contributed by atoms with E-state index >= 15 is 0 Å². The molecule has 1 unspecified atom stereocenters. The van der Waals surface area contributed by atoms with Crippen LogP contribution in [0.2, 0.25) is 0 Å². The first kappa shape index (κ1) is 24.6. The van der Waals surface area contributed by atoms with Crippen molar-refractivity contribution >= 4 is 27.3 Å². The molecular formula is C27H31N3O4S. The Labute approximate surface area is 207 Å². The molecule has 3 aromatic carbocycles. The van der Waals surface area contributed by atoms with Crippen LogP contribution in [0.5, 0.6) is 11.5 Å². The van der Waals surface area contributed by atoms with Gasteiger partial charge in [0.15, 0.2) is 0 Å². The van der Waals surface area contributed by atoms with Gasteiger partial charge in [-0.15, -0.1) is 0 Å². The van der Waals surface area contributed by atoms with E-state index < -0.39 is 16.1 Å².